The summed E-state index contributed by atoms with van der Waals surface area (Å²) in [4.78, 5) is 0. The second kappa shape index (κ2) is 5.58. The van der Waals surface area contributed by atoms with E-state index in [1.807, 2.05) is 0 Å². The molecule has 1 saturated heterocycles. The van der Waals surface area contributed by atoms with Crippen LogP contribution in [0.25, 0.3) is 0 Å². The van der Waals surface area contributed by atoms with Crippen molar-refractivity contribution in [1.82, 2.24) is 5.32 Å². The second-order valence-corrected chi connectivity index (χ2v) is 4.54. The van der Waals surface area contributed by atoms with E-state index >= 15 is 0 Å². The van der Waals surface area contributed by atoms with E-state index in [1.165, 1.54) is 6.07 Å². The number of aliphatic hydroxyl groups is 1. The Morgan fingerprint density at radius 3 is 3.00 bits per heavy atom. The molecule has 3 nitrogen and oxygen atoms in total. The van der Waals surface area contributed by atoms with E-state index in [1.54, 1.807) is 18.2 Å². The summed E-state index contributed by atoms with van der Waals surface area (Å²) in [5.74, 6) is -0.230. The second-order valence-electron chi connectivity index (χ2n) is 4.54. The zero-order valence-electron chi connectivity index (χ0n) is 9.79. The van der Waals surface area contributed by atoms with Crippen LogP contribution in [0.3, 0.4) is 0 Å². The number of halogens is 1. The minimum Gasteiger partial charge on any atom is -0.394 e. The van der Waals surface area contributed by atoms with Gasteiger partial charge >= 0.3 is 0 Å². The van der Waals surface area contributed by atoms with E-state index in [2.05, 4.69) is 5.32 Å². The lowest BCUT2D eigenvalue weighted by Gasteiger charge is -2.31. The highest BCUT2D eigenvalue weighted by atomic mass is 19.1. The molecule has 1 fully saturated rings. The number of hydrogen-bond donors (Lipinski definition) is 2. The third-order valence-electron chi connectivity index (χ3n) is 3.13. The molecule has 1 aromatic rings. The fourth-order valence-corrected chi connectivity index (χ4v) is 2.12. The van der Waals surface area contributed by atoms with Gasteiger partial charge in [0.25, 0.3) is 0 Å². The van der Waals surface area contributed by atoms with Crippen LogP contribution in [0.5, 0.6) is 0 Å². The van der Waals surface area contributed by atoms with E-state index in [9.17, 15) is 9.50 Å². The number of aliphatic hydroxyl groups excluding tert-OH is 1. The Morgan fingerprint density at radius 1 is 1.41 bits per heavy atom. The summed E-state index contributed by atoms with van der Waals surface area (Å²) >= 11 is 0. The Kier molecular flexibility index (Phi) is 4.10. The molecule has 2 rings (SSSR count). The SMILES string of the molecule is OCC1(Cc2ccccc2F)COCCCN1. The van der Waals surface area contributed by atoms with Crippen molar-refractivity contribution in [2.75, 3.05) is 26.4 Å². The standard InChI is InChI=1S/C13H18FNO2/c14-12-5-2-1-4-11(12)8-13(9-16)10-17-7-3-6-15-13/h1-2,4-5,15-16H,3,6-10H2. The van der Waals surface area contributed by atoms with E-state index in [4.69, 9.17) is 4.74 Å². The normalized spacial score (nSPS) is 25.5. The highest BCUT2D eigenvalue weighted by Crippen LogP contribution is 2.18. The molecule has 0 spiro atoms. The molecule has 0 saturated carbocycles. The van der Waals surface area contributed by atoms with Crippen molar-refractivity contribution in [3.05, 3.63) is 35.6 Å². The molecule has 0 aliphatic carbocycles. The first-order valence-electron chi connectivity index (χ1n) is 5.93. The molecule has 2 N–H and O–H groups in total. The number of benzene rings is 1. The van der Waals surface area contributed by atoms with Gasteiger partial charge in [-0.2, -0.15) is 0 Å². The highest BCUT2D eigenvalue weighted by Gasteiger charge is 2.31. The molecule has 17 heavy (non-hydrogen) atoms. The van der Waals surface area contributed by atoms with Crippen LogP contribution >= 0.6 is 0 Å². The van der Waals surface area contributed by atoms with E-state index in [0.717, 1.165) is 13.0 Å². The van der Waals surface area contributed by atoms with Crippen LogP contribution in [0.15, 0.2) is 24.3 Å². The molecule has 1 unspecified atom stereocenters. The third-order valence-corrected chi connectivity index (χ3v) is 3.13. The largest absolute Gasteiger partial charge is 0.394 e. The van der Waals surface area contributed by atoms with Crippen LogP contribution in [0.2, 0.25) is 0 Å². The van der Waals surface area contributed by atoms with Crippen molar-refractivity contribution in [2.24, 2.45) is 0 Å². The van der Waals surface area contributed by atoms with Gasteiger partial charge in [0.05, 0.1) is 18.8 Å². The van der Waals surface area contributed by atoms with Gasteiger partial charge in [-0.05, 0) is 31.0 Å². The van der Waals surface area contributed by atoms with Gasteiger partial charge in [0, 0.05) is 6.61 Å². The molecule has 4 heteroatoms. The van der Waals surface area contributed by atoms with Crippen LogP contribution in [0.4, 0.5) is 4.39 Å². The predicted octanol–water partition coefficient (Wildman–Crippen LogP) is 1.11. The lowest BCUT2D eigenvalue weighted by molar-refractivity contribution is 0.0562. The van der Waals surface area contributed by atoms with Crippen LogP contribution in [-0.2, 0) is 11.2 Å². The van der Waals surface area contributed by atoms with E-state index in [0.29, 0.717) is 25.2 Å². The van der Waals surface area contributed by atoms with Crippen LogP contribution in [-0.4, -0.2) is 37.0 Å². The first-order chi connectivity index (χ1) is 8.26. The maximum absolute atomic E-state index is 13.6. The van der Waals surface area contributed by atoms with Crippen molar-refractivity contribution in [1.29, 1.82) is 0 Å². The van der Waals surface area contributed by atoms with Crippen LogP contribution in [0.1, 0.15) is 12.0 Å². The summed E-state index contributed by atoms with van der Waals surface area (Å²) in [6.07, 6.45) is 1.36. The number of ether oxygens (including phenoxy) is 1. The maximum Gasteiger partial charge on any atom is 0.126 e. The van der Waals surface area contributed by atoms with Crippen molar-refractivity contribution in [3.63, 3.8) is 0 Å². The molecule has 1 heterocycles. The molecule has 0 radical (unpaired) electrons. The summed E-state index contributed by atoms with van der Waals surface area (Å²) in [5, 5.41) is 12.8. The molecule has 94 valence electrons. The fraction of sp³-hybridized carbons (Fsp3) is 0.538. The fourth-order valence-electron chi connectivity index (χ4n) is 2.12. The van der Waals surface area contributed by atoms with Gasteiger partial charge in [0.15, 0.2) is 0 Å². The molecule has 1 aliphatic rings. The lowest BCUT2D eigenvalue weighted by Crippen LogP contribution is -2.53. The Balaban J connectivity index is 2.15. The third kappa shape index (κ3) is 3.03. The van der Waals surface area contributed by atoms with Crippen molar-refractivity contribution in [2.45, 2.75) is 18.4 Å². The zero-order valence-corrected chi connectivity index (χ0v) is 9.79. The van der Waals surface area contributed by atoms with Crippen LogP contribution < -0.4 is 5.32 Å². The average molecular weight is 239 g/mol. The van der Waals surface area contributed by atoms with Gasteiger partial charge in [-0.1, -0.05) is 18.2 Å². The molecule has 0 amide bonds. The van der Waals surface area contributed by atoms with Gasteiger partial charge < -0.3 is 15.2 Å². The van der Waals surface area contributed by atoms with Gasteiger partial charge in [0.1, 0.15) is 5.82 Å². The van der Waals surface area contributed by atoms with Crippen molar-refractivity contribution in [3.8, 4) is 0 Å². The lowest BCUT2D eigenvalue weighted by atomic mass is 9.92. The van der Waals surface area contributed by atoms with Gasteiger partial charge in [-0.3, -0.25) is 0 Å². The van der Waals surface area contributed by atoms with Gasteiger partial charge in [-0.15, -0.1) is 0 Å². The number of rotatable bonds is 3. The Hall–Kier alpha value is -0.970. The predicted molar refractivity (Wildman–Crippen MR) is 63.4 cm³/mol. The first-order valence-corrected chi connectivity index (χ1v) is 5.93. The summed E-state index contributed by atoms with van der Waals surface area (Å²) in [6.45, 7) is 1.83. The van der Waals surface area contributed by atoms with E-state index in [-0.39, 0.29) is 12.4 Å². The molecule has 1 atom stereocenters. The van der Waals surface area contributed by atoms with Crippen LogP contribution in [0, 0.1) is 5.82 Å². The number of hydrogen-bond acceptors (Lipinski definition) is 3. The zero-order chi connectivity index (χ0) is 12.1. The number of nitrogens with one attached hydrogen (secondary N) is 1. The molecule has 1 aliphatic heterocycles. The smallest absolute Gasteiger partial charge is 0.126 e. The molecular formula is C13H18FNO2. The average Bonchev–Trinajstić information content (AvgIpc) is 2.58. The van der Waals surface area contributed by atoms with Crippen molar-refractivity contribution >= 4 is 0 Å². The highest BCUT2D eigenvalue weighted by molar-refractivity contribution is 5.20. The Bertz CT molecular complexity index is 362. The molecule has 0 bridgehead atoms. The summed E-state index contributed by atoms with van der Waals surface area (Å²) in [6, 6.07) is 6.67. The first kappa shape index (κ1) is 12.5. The van der Waals surface area contributed by atoms with E-state index < -0.39 is 5.54 Å². The monoisotopic (exact) mass is 239 g/mol. The molecular weight excluding hydrogens is 221 g/mol. The molecule has 0 aromatic heterocycles. The van der Waals surface area contributed by atoms with Gasteiger partial charge in [-0.25, -0.2) is 4.39 Å². The Morgan fingerprint density at radius 2 is 2.24 bits per heavy atom. The summed E-state index contributed by atoms with van der Waals surface area (Å²) in [5.41, 5.74) is 0.0538. The minimum atomic E-state index is -0.557. The molecule has 1 aromatic carbocycles. The maximum atomic E-state index is 13.6. The van der Waals surface area contributed by atoms with Gasteiger partial charge in [0.2, 0.25) is 0 Å². The topological polar surface area (TPSA) is 41.5 Å². The quantitative estimate of drug-likeness (QED) is 0.830. The summed E-state index contributed by atoms with van der Waals surface area (Å²) in [7, 11) is 0. The minimum absolute atomic E-state index is 0.0542. The summed E-state index contributed by atoms with van der Waals surface area (Å²) < 4.78 is 19.1. The van der Waals surface area contributed by atoms with Crippen molar-refractivity contribution < 1.29 is 14.2 Å². The Labute approximate surface area is 101 Å².